The van der Waals surface area contributed by atoms with Crippen LogP contribution in [-0.2, 0) is 23.9 Å². The molecule has 0 aromatic heterocycles. The summed E-state index contributed by atoms with van der Waals surface area (Å²) in [5, 5.41) is 9.20. The summed E-state index contributed by atoms with van der Waals surface area (Å²) in [5.41, 5.74) is -1.86. The second kappa shape index (κ2) is 13.1. The van der Waals surface area contributed by atoms with E-state index < -0.39 is 35.0 Å². The van der Waals surface area contributed by atoms with E-state index in [1.807, 2.05) is 6.92 Å². The number of allylic oxidation sites excluding steroid dienone is 1. The molecule has 3 aliphatic rings. The molecule has 3 rings (SSSR count). The van der Waals surface area contributed by atoms with Gasteiger partial charge in [0.2, 0.25) is 11.8 Å². The summed E-state index contributed by atoms with van der Waals surface area (Å²) in [6.07, 6.45) is 11.1. The molecule has 3 fully saturated rings. The molecular weight excluding hydrogens is 472 g/mol. The summed E-state index contributed by atoms with van der Waals surface area (Å²) in [6.45, 7) is 13.3. The SMILES string of the molecule is C=CCCCOC(=O)[C@H]1[C@H]2C(=O)N(CCCCCO)C(C(=O)N(CC=C)CCCCC)C23CC[C@]1(C)O3. The van der Waals surface area contributed by atoms with Crippen LogP contribution < -0.4 is 0 Å². The standard InChI is InChI=1S/C29H46N2O6/c1-5-8-11-18-30(17-7-3)26(34)24-29-16-15-28(4,37-29)23(27(35)36-21-14-9-6-2)22(29)25(33)31(24)19-12-10-13-20-32/h6-7,22-24,32H,2-3,5,8-21H2,1,4H3/t22-,23+,24?,28-,29?/m0/s1. The van der Waals surface area contributed by atoms with E-state index in [-0.39, 0.29) is 25.0 Å². The zero-order valence-electron chi connectivity index (χ0n) is 22.8. The Balaban J connectivity index is 1.92. The Bertz CT molecular complexity index is 846. The van der Waals surface area contributed by atoms with Crippen molar-refractivity contribution in [3.8, 4) is 0 Å². The van der Waals surface area contributed by atoms with Crippen LogP contribution in [0.2, 0.25) is 0 Å². The van der Waals surface area contributed by atoms with Crippen molar-refractivity contribution in [3.05, 3.63) is 25.3 Å². The molecule has 3 saturated heterocycles. The van der Waals surface area contributed by atoms with Crippen LogP contribution in [0.1, 0.15) is 78.1 Å². The smallest absolute Gasteiger partial charge is 0.312 e. The van der Waals surface area contributed by atoms with E-state index in [0.29, 0.717) is 51.7 Å². The molecule has 2 amide bonds. The van der Waals surface area contributed by atoms with Gasteiger partial charge >= 0.3 is 5.97 Å². The molecule has 0 aliphatic carbocycles. The first-order valence-electron chi connectivity index (χ1n) is 14.1. The molecule has 3 aliphatic heterocycles. The number of carbonyl (C=O) groups excluding carboxylic acids is 3. The van der Waals surface area contributed by atoms with Crippen molar-refractivity contribution in [1.82, 2.24) is 9.80 Å². The van der Waals surface area contributed by atoms with E-state index in [4.69, 9.17) is 9.47 Å². The molecule has 208 valence electrons. The maximum Gasteiger partial charge on any atom is 0.312 e. The Hall–Kier alpha value is -2.19. The fourth-order valence-corrected chi connectivity index (χ4v) is 6.54. The van der Waals surface area contributed by atoms with E-state index in [2.05, 4.69) is 20.1 Å². The topological polar surface area (TPSA) is 96.4 Å². The highest BCUT2D eigenvalue weighted by Crippen LogP contribution is 2.63. The molecular formula is C29H46N2O6. The minimum Gasteiger partial charge on any atom is -0.465 e. The first-order chi connectivity index (χ1) is 17.8. The average molecular weight is 519 g/mol. The van der Waals surface area contributed by atoms with Crippen LogP contribution in [0.15, 0.2) is 25.3 Å². The second-order valence-corrected chi connectivity index (χ2v) is 10.9. The van der Waals surface area contributed by atoms with Gasteiger partial charge in [-0.25, -0.2) is 0 Å². The monoisotopic (exact) mass is 518 g/mol. The number of carbonyl (C=O) groups is 3. The molecule has 0 aromatic carbocycles. The largest absolute Gasteiger partial charge is 0.465 e. The van der Waals surface area contributed by atoms with E-state index in [1.165, 1.54) is 0 Å². The maximum atomic E-state index is 14.2. The number of nitrogens with zero attached hydrogens (tertiary/aromatic N) is 2. The molecule has 5 atom stereocenters. The van der Waals surface area contributed by atoms with Gasteiger partial charge in [0, 0.05) is 26.2 Å². The van der Waals surface area contributed by atoms with Gasteiger partial charge in [0.25, 0.3) is 0 Å². The predicted octanol–water partition coefficient (Wildman–Crippen LogP) is 3.63. The predicted molar refractivity (Wildman–Crippen MR) is 142 cm³/mol. The molecule has 37 heavy (non-hydrogen) atoms. The molecule has 3 heterocycles. The summed E-state index contributed by atoms with van der Waals surface area (Å²) < 4.78 is 12.3. The summed E-state index contributed by atoms with van der Waals surface area (Å²) in [6, 6.07) is -0.777. The number of amides is 2. The molecule has 8 heteroatoms. The maximum absolute atomic E-state index is 14.2. The number of aliphatic hydroxyl groups excluding tert-OH is 1. The Kier molecular flexibility index (Phi) is 10.4. The van der Waals surface area contributed by atoms with E-state index in [1.54, 1.807) is 22.0 Å². The molecule has 1 spiro atoms. The Morgan fingerprint density at radius 1 is 1.16 bits per heavy atom. The molecule has 8 nitrogen and oxygen atoms in total. The summed E-state index contributed by atoms with van der Waals surface area (Å²) in [7, 11) is 0. The third kappa shape index (κ3) is 5.80. The molecule has 2 unspecified atom stereocenters. The second-order valence-electron chi connectivity index (χ2n) is 10.9. The van der Waals surface area contributed by atoms with Crippen molar-refractivity contribution in [2.75, 3.05) is 32.8 Å². The fourth-order valence-electron chi connectivity index (χ4n) is 6.54. The lowest BCUT2D eigenvalue weighted by molar-refractivity contribution is -0.160. The minimum absolute atomic E-state index is 0.0919. The molecule has 0 aromatic rings. The van der Waals surface area contributed by atoms with Gasteiger partial charge < -0.3 is 24.4 Å². The molecule has 1 N–H and O–H groups in total. The fraction of sp³-hybridized carbons (Fsp3) is 0.759. The normalized spacial score (nSPS) is 29.9. The van der Waals surface area contributed by atoms with Gasteiger partial charge in [-0.1, -0.05) is 31.9 Å². The molecule has 2 bridgehead atoms. The van der Waals surface area contributed by atoms with Crippen LogP contribution >= 0.6 is 0 Å². The van der Waals surface area contributed by atoms with Crippen molar-refractivity contribution in [2.45, 2.75) is 95.3 Å². The number of hydrogen-bond donors (Lipinski definition) is 1. The number of likely N-dealkylation sites (tertiary alicyclic amines) is 1. The van der Waals surface area contributed by atoms with Gasteiger partial charge in [-0.15, -0.1) is 13.2 Å². The summed E-state index contributed by atoms with van der Waals surface area (Å²) in [4.78, 5) is 45.0. The minimum atomic E-state index is -1.03. The van der Waals surface area contributed by atoms with Crippen molar-refractivity contribution in [2.24, 2.45) is 11.8 Å². The van der Waals surface area contributed by atoms with E-state index in [9.17, 15) is 19.5 Å². The zero-order valence-corrected chi connectivity index (χ0v) is 22.8. The highest BCUT2D eigenvalue weighted by atomic mass is 16.6. The number of hydrogen-bond acceptors (Lipinski definition) is 6. The van der Waals surface area contributed by atoms with Crippen molar-refractivity contribution < 1.29 is 29.0 Å². The number of ether oxygens (including phenoxy) is 2. The van der Waals surface area contributed by atoms with E-state index in [0.717, 1.165) is 32.1 Å². The van der Waals surface area contributed by atoms with Crippen LogP contribution in [0, 0.1) is 11.8 Å². The van der Waals surface area contributed by atoms with Crippen LogP contribution in [0.25, 0.3) is 0 Å². The average Bonchev–Trinajstić information content (AvgIpc) is 3.44. The Morgan fingerprint density at radius 2 is 1.95 bits per heavy atom. The number of aliphatic hydroxyl groups is 1. The van der Waals surface area contributed by atoms with Crippen LogP contribution in [0.4, 0.5) is 0 Å². The van der Waals surface area contributed by atoms with Crippen LogP contribution in [0.5, 0.6) is 0 Å². The van der Waals surface area contributed by atoms with Gasteiger partial charge in [-0.3, -0.25) is 14.4 Å². The highest BCUT2D eigenvalue weighted by Gasteiger charge is 2.78. The highest BCUT2D eigenvalue weighted by molar-refractivity contribution is 5.98. The first-order valence-corrected chi connectivity index (χ1v) is 14.1. The number of unbranched alkanes of at least 4 members (excludes halogenated alkanes) is 5. The first kappa shape index (κ1) is 29.4. The van der Waals surface area contributed by atoms with Crippen LogP contribution in [-0.4, -0.2) is 82.8 Å². The summed E-state index contributed by atoms with van der Waals surface area (Å²) in [5.74, 6) is -2.19. The lowest BCUT2D eigenvalue weighted by atomic mass is 9.66. The van der Waals surface area contributed by atoms with E-state index >= 15 is 0 Å². The van der Waals surface area contributed by atoms with Crippen LogP contribution in [0.3, 0.4) is 0 Å². The Morgan fingerprint density at radius 3 is 2.62 bits per heavy atom. The number of fused-ring (bicyclic) bond motifs is 1. The van der Waals surface area contributed by atoms with Gasteiger partial charge in [-0.05, 0) is 58.3 Å². The van der Waals surface area contributed by atoms with Gasteiger partial charge in [0.05, 0.1) is 18.1 Å². The third-order valence-electron chi connectivity index (χ3n) is 8.31. The number of esters is 1. The molecule has 0 saturated carbocycles. The van der Waals surface area contributed by atoms with Gasteiger partial charge in [-0.2, -0.15) is 0 Å². The third-order valence-corrected chi connectivity index (χ3v) is 8.31. The zero-order chi connectivity index (χ0) is 27.1. The van der Waals surface area contributed by atoms with Crippen molar-refractivity contribution in [3.63, 3.8) is 0 Å². The quantitative estimate of drug-likeness (QED) is 0.179. The summed E-state index contributed by atoms with van der Waals surface area (Å²) >= 11 is 0. The van der Waals surface area contributed by atoms with Gasteiger partial charge in [0.15, 0.2) is 0 Å². The lowest BCUT2D eigenvalue weighted by Crippen LogP contribution is -2.56. The lowest BCUT2D eigenvalue weighted by Gasteiger charge is -2.37. The van der Waals surface area contributed by atoms with Crippen molar-refractivity contribution >= 4 is 17.8 Å². The Labute approximate surface area is 222 Å². The molecule has 0 radical (unpaired) electrons. The van der Waals surface area contributed by atoms with Crippen molar-refractivity contribution in [1.29, 1.82) is 0 Å². The van der Waals surface area contributed by atoms with Gasteiger partial charge in [0.1, 0.15) is 17.6 Å². The number of rotatable bonds is 17.